The number of rotatable bonds is 5. The molecule has 24 heavy (non-hydrogen) atoms. The molecule has 0 amide bonds. The van der Waals surface area contributed by atoms with E-state index in [9.17, 15) is 9.90 Å². The van der Waals surface area contributed by atoms with E-state index in [0.29, 0.717) is 18.2 Å². The minimum atomic E-state index is -0.330. The van der Waals surface area contributed by atoms with Gasteiger partial charge in [0, 0.05) is 24.0 Å². The lowest BCUT2D eigenvalue weighted by Gasteiger charge is -2.35. The van der Waals surface area contributed by atoms with Crippen LogP contribution in [0.3, 0.4) is 0 Å². The van der Waals surface area contributed by atoms with Crippen LogP contribution in [0.1, 0.15) is 57.1 Å². The summed E-state index contributed by atoms with van der Waals surface area (Å²) in [6.45, 7) is 5.99. The maximum Gasteiger partial charge on any atom is 0.336 e. The first-order valence-corrected chi connectivity index (χ1v) is 9.15. The topological polar surface area (TPSA) is 53.7 Å². The Hall–Kier alpha value is -1.81. The van der Waals surface area contributed by atoms with E-state index in [0.717, 1.165) is 42.3 Å². The zero-order valence-corrected chi connectivity index (χ0v) is 14.7. The van der Waals surface area contributed by atoms with E-state index in [-0.39, 0.29) is 11.4 Å². The van der Waals surface area contributed by atoms with Gasteiger partial charge in [-0.2, -0.15) is 0 Å². The summed E-state index contributed by atoms with van der Waals surface area (Å²) in [7, 11) is 0. The monoisotopic (exact) mass is 329 g/mol. The Bertz CT molecular complexity index is 765. The molecule has 1 N–H and O–H groups in total. The fraction of sp³-hybridized carbons (Fsp3) is 0.550. The highest BCUT2D eigenvalue weighted by molar-refractivity contribution is 5.85. The molecule has 2 aromatic rings. The molecule has 1 fully saturated rings. The van der Waals surface area contributed by atoms with Crippen molar-refractivity contribution in [2.75, 3.05) is 6.54 Å². The van der Waals surface area contributed by atoms with Crippen LogP contribution in [-0.4, -0.2) is 22.6 Å². The highest BCUT2D eigenvalue weighted by atomic mass is 16.4. The molecule has 0 aliphatic carbocycles. The van der Waals surface area contributed by atoms with E-state index in [2.05, 4.69) is 18.7 Å². The summed E-state index contributed by atoms with van der Waals surface area (Å²) < 4.78 is 5.53. The predicted molar refractivity (Wildman–Crippen MR) is 96.5 cm³/mol. The summed E-state index contributed by atoms with van der Waals surface area (Å²) in [5.41, 5.74) is 1.99. The predicted octanol–water partition coefficient (Wildman–Crippen LogP) is 4.22. The Kier molecular flexibility index (Phi) is 5.24. The Morgan fingerprint density at radius 3 is 2.88 bits per heavy atom. The maximum absolute atomic E-state index is 12.0. The number of aromatic hydroxyl groups is 1. The highest BCUT2D eigenvalue weighted by Crippen LogP contribution is 2.32. The van der Waals surface area contributed by atoms with Gasteiger partial charge in [0.05, 0.1) is 5.56 Å². The van der Waals surface area contributed by atoms with Gasteiger partial charge in [-0.3, -0.25) is 4.90 Å². The van der Waals surface area contributed by atoms with Gasteiger partial charge in [-0.15, -0.1) is 0 Å². The number of aryl methyl sites for hydroxylation is 1. The van der Waals surface area contributed by atoms with E-state index in [4.69, 9.17) is 4.42 Å². The molecule has 3 rings (SSSR count). The number of piperidine rings is 1. The van der Waals surface area contributed by atoms with Crippen LogP contribution in [0.4, 0.5) is 0 Å². The van der Waals surface area contributed by atoms with Crippen LogP contribution in [0.25, 0.3) is 11.0 Å². The molecule has 130 valence electrons. The van der Waals surface area contributed by atoms with Crippen LogP contribution in [0.15, 0.2) is 27.4 Å². The first-order valence-electron chi connectivity index (χ1n) is 9.15. The van der Waals surface area contributed by atoms with Gasteiger partial charge in [0.25, 0.3) is 0 Å². The van der Waals surface area contributed by atoms with Crippen molar-refractivity contribution in [3.63, 3.8) is 0 Å². The number of phenols is 1. The van der Waals surface area contributed by atoms with Crippen LogP contribution in [0.2, 0.25) is 0 Å². The lowest BCUT2D eigenvalue weighted by molar-refractivity contribution is 0.135. The minimum Gasteiger partial charge on any atom is -0.507 e. The van der Waals surface area contributed by atoms with Crippen molar-refractivity contribution < 1.29 is 9.52 Å². The van der Waals surface area contributed by atoms with Crippen molar-refractivity contribution in [1.82, 2.24) is 4.90 Å². The average Bonchev–Trinajstić information content (AvgIpc) is 2.58. The number of hydrogen-bond acceptors (Lipinski definition) is 4. The van der Waals surface area contributed by atoms with Gasteiger partial charge < -0.3 is 9.52 Å². The van der Waals surface area contributed by atoms with Gasteiger partial charge in [-0.05, 0) is 49.9 Å². The molecule has 4 nitrogen and oxygen atoms in total. The standard InChI is InChI=1S/C20H27NO3/c1-3-7-14-12-19(23)24-20-16(14)9-10-18(22)17(20)13-21-11-6-5-8-15(21)4-2/h9-10,12,15,22H,3-8,11,13H2,1-2H3/t15-/m0/s1. The molecule has 1 saturated heterocycles. The van der Waals surface area contributed by atoms with Crippen LogP contribution in [0, 0.1) is 0 Å². The Labute approximate surface area is 143 Å². The summed E-state index contributed by atoms with van der Waals surface area (Å²) >= 11 is 0. The third-order valence-electron chi connectivity index (χ3n) is 5.18. The van der Waals surface area contributed by atoms with Crippen molar-refractivity contribution in [2.24, 2.45) is 0 Å². The summed E-state index contributed by atoms with van der Waals surface area (Å²) in [4.78, 5) is 14.4. The van der Waals surface area contributed by atoms with Gasteiger partial charge >= 0.3 is 5.63 Å². The molecule has 1 aromatic carbocycles. The quantitative estimate of drug-likeness (QED) is 0.835. The summed E-state index contributed by atoms with van der Waals surface area (Å²) in [5.74, 6) is 0.222. The van der Waals surface area contributed by atoms with Gasteiger partial charge in [0.2, 0.25) is 0 Å². The van der Waals surface area contributed by atoms with E-state index < -0.39 is 0 Å². The molecule has 0 bridgehead atoms. The maximum atomic E-state index is 12.0. The van der Waals surface area contributed by atoms with Crippen LogP contribution < -0.4 is 5.63 Å². The minimum absolute atomic E-state index is 0.222. The summed E-state index contributed by atoms with van der Waals surface area (Å²) in [5, 5.41) is 11.4. The largest absolute Gasteiger partial charge is 0.507 e. The van der Waals surface area contributed by atoms with Gasteiger partial charge in [-0.1, -0.05) is 26.7 Å². The number of hydrogen-bond donors (Lipinski definition) is 1. The van der Waals surface area contributed by atoms with E-state index in [1.807, 2.05) is 6.07 Å². The lowest BCUT2D eigenvalue weighted by atomic mass is 9.97. The van der Waals surface area contributed by atoms with E-state index in [1.54, 1.807) is 12.1 Å². The van der Waals surface area contributed by atoms with Gasteiger partial charge in [0.1, 0.15) is 11.3 Å². The molecule has 2 heterocycles. The smallest absolute Gasteiger partial charge is 0.336 e. The molecule has 1 aliphatic rings. The zero-order chi connectivity index (χ0) is 17.1. The molecule has 1 aliphatic heterocycles. The Balaban J connectivity index is 2.06. The van der Waals surface area contributed by atoms with Crippen molar-refractivity contribution in [3.05, 3.63) is 39.7 Å². The van der Waals surface area contributed by atoms with E-state index >= 15 is 0 Å². The number of likely N-dealkylation sites (tertiary alicyclic amines) is 1. The number of fused-ring (bicyclic) bond motifs is 1. The first-order chi connectivity index (χ1) is 11.6. The van der Waals surface area contributed by atoms with Crippen LogP contribution >= 0.6 is 0 Å². The Morgan fingerprint density at radius 2 is 2.12 bits per heavy atom. The van der Waals surface area contributed by atoms with Gasteiger partial charge in [-0.25, -0.2) is 4.79 Å². The van der Waals surface area contributed by atoms with Crippen molar-refractivity contribution in [1.29, 1.82) is 0 Å². The van der Waals surface area contributed by atoms with Crippen LogP contribution in [0.5, 0.6) is 5.75 Å². The van der Waals surface area contributed by atoms with E-state index in [1.165, 1.54) is 19.3 Å². The molecule has 0 saturated carbocycles. The van der Waals surface area contributed by atoms with Gasteiger partial charge in [0.15, 0.2) is 0 Å². The zero-order valence-electron chi connectivity index (χ0n) is 14.7. The Morgan fingerprint density at radius 1 is 1.29 bits per heavy atom. The lowest BCUT2D eigenvalue weighted by Crippen LogP contribution is -2.38. The number of nitrogens with zero attached hydrogens (tertiary/aromatic N) is 1. The molecule has 4 heteroatoms. The fourth-order valence-corrected chi connectivity index (χ4v) is 3.90. The normalized spacial score (nSPS) is 19.0. The summed E-state index contributed by atoms with van der Waals surface area (Å²) in [6.07, 6.45) is 6.58. The highest BCUT2D eigenvalue weighted by Gasteiger charge is 2.23. The molecule has 0 unspecified atom stereocenters. The number of phenolic OH excluding ortho intramolecular Hbond substituents is 1. The van der Waals surface area contributed by atoms with Crippen molar-refractivity contribution in [3.8, 4) is 5.75 Å². The SMILES string of the molecule is CCCc1cc(=O)oc2c(CN3CCCC[C@@H]3CC)c(O)ccc12. The average molecular weight is 329 g/mol. The molecular formula is C20H27NO3. The molecular weight excluding hydrogens is 302 g/mol. The number of benzene rings is 1. The second-order valence-corrected chi connectivity index (χ2v) is 6.81. The summed E-state index contributed by atoms with van der Waals surface area (Å²) in [6, 6.07) is 5.73. The van der Waals surface area contributed by atoms with Crippen molar-refractivity contribution in [2.45, 2.75) is 65.0 Å². The second-order valence-electron chi connectivity index (χ2n) is 6.81. The second kappa shape index (κ2) is 7.39. The fourth-order valence-electron chi connectivity index (χ4n) is 3.90. The first kappa shape index (κ1) is 17.0. The molecule has 1 aromatic heterocycles. The third-order valence-corrected chi connectivity index (χ3v) is 5.18. The van der Waals surface area contributed by atoms with Crippen LogP contribution in [-0.2, 0) is 13.0 Å². The third kappa shape index (κ3) is 3.34. The molecule has 0 spiro atoms. The van der Waals surface area contributed by atoms with Crippen molar-refractivity contribution >= 4 is 11.0 Å². The molecule has 1 atom stereocenters. The molecule has 0 radical (unpaired) electrons.